The van der Waals surface area contributed by atoms with Crippen LogP contribution in [0, 0.1) is 12.7 Å². The predicted molar refractivity (Wildman–Crippen MR) is 70.3 cm³/mol. The molecule has 2 nitrogen and oxygen atoms in total. The van der Waals surface area contributed by atoms with Gasteiger partial charge in [-0.15, -0.1) is 0 Å². The molecule has 0 amide bonds. The first-order valence-corrected chi connectivity index (χ1v) is 5.93. The highest BCUT2D eigenvalue weighted by Crippen LogP contribution is 2.28. The molecule has 0 radical (unpaired) electrons. The van der Waals surface area contributed by atoms with Crippen molar-refractivity contribution in [1.82, 2.24) is 9.38 Å². The molecule has 2 heterocycles. The minimum atomic E-state index is -0.259. The number of benzene rings is 1. The zero-order valence-electron chi connectivity index (χ0n) is 9.69. The highest BCUT2D eigenvalue weighted by atomic mass is 35.5. The third-order valence-electron chi connectivity index (χ3n) is 2.93. The molecular weight excluding hydrogens is 251 g/mol. The van der Waals surface area contributed by atoms with Crippen molar-refractivity contribution in [3.8, 4) is 11.1 Å². The van der Waals surface area contributed by atoms with Crippen molar-refractivity contribution >= 4 is 17.2 Å². The van der Waals surface area contributed by atoms with Gasteiger partial charge >= 0.3 is 0 Å². The number of pyridine rings is 1. The second kappa shape index (κ2) is 4.10. The smallest absolute Gasteiger partial charge is 0.155 e. The SMILES string of the molecule is Cc1cnc2c(Cl)cc(-c3ccccc3F)cn12. The lowest BCUT2D eigenvalue weighted by atomic mass is 10.1. The molecule has 0 spiro atoms. The fraction of sp³-hybridized carbons (Fsp3) is 0.0714. The van der Waals surface area contributed by atoms with E-state index in [0.29, 0.717) is 16.2 Å². The van der Waals surface area contributed by atoms with Crippen LogP contribution in [-0.2, 0) is 0 Å². The molecular formula is C14H10ClFN2. The summed E-state index contributed by atoms with van der Waals surface area (Å²) in [5.41, 5.74) is 2.93. The van der Waals surface area contributed by atoms with Crippen molar-refractivity contribution in [2.45, 2.75) is 6.92 Å². The highest BCUT2D eigenvalue weighted by molar-refractivity contribution is 6.33. The van der Waals surface area contributed by atoms with E-state index in [1.165, 1.54) is 6.07 Å². The first-order valence-electron chi connectivity index (χ1n) is 5.55. The predicted octanol–water partition coefficient (Wildman–Crippen LogP) is 4.10. The maximum atomic E-state index is 13.8. The Morgan fingerprint density at radius 1 is 1.28 bits per heavy atom. The summed E-state index contributed by atoms with van der Waals surface area (Å²) in [6.45, 7) is 1.93. The van der Waals surface area contributed by atoms with Gasteiger partial charge in [0.25, 0.3) is 0 Å². The summed E-state index contributed by atoms with van der Waals surface area (Å²) in [7, 11) is 0. The van der Waals surface area contributed by atoms with Crippen molar-refractivity contribution in [3.05, 3.63) is 59.3 Å². The van der Waals surface area contributed by atoms with Gasteiger partial charge in [-0.25, -0.2) is 9.37 Å². The molecule has 0 aliphatic rings. The summed E-state index contributed by atoms with van der Waals surface area (Å²) >= 11 is 6.17. The first-order chi connectivity index (χ1) is 8.66. The maximum absolute atomic E-state index is 13.8. The summed E-state index contributed by atoms with van der Waals surface area (Å²) < 4.78 is 15.6. The molecule has 0 atom stereocenters. The molecule has 18 heavy (non-hydrogen) atoms. The summed E-state index contributed by atoms with van der Waals surface area (Å²) in [5.74, 6) is -0.259. The molecule has 0 unspecified atom stereocenters. The van der Waals surface area contributed by atoms with Crippen molar-refractivity contribution < 1.29 is 4.39 Å². The van der Waals surface area contributed by atoms with Crippen molar-refractivity contribution in [1.29, 1.82) is 0 Å². The number of halogens is 2. The Morgan fingerprint density at radius 2 is 2.06 bits per heavy atom. The van der Waals surface area contributed by atoms with Crippen LogP contribution >= 0.6 is 11.6 Å². The van der Waals surface area contributed by atoms with E-state index in [1.807, 2.05) is 17.5 Å². The largest absolute Gasteiger partial charge is 0.303 e. The Labute approximate surface area is 109 Å². The minimum absolute atomic E-state index is 0.259. The second-order valence-corrected chi connectivity index (χ2v) is 4.56. The normalized spacial score (nSPS) is 11.1. The van der Waals surface area contributed by atoms with Gasteiger partial charge in [0, 0.05) is 29.2 Å². The third-order valence-corrected chi connectivity index (χ3v) is 3.21. The number of aryl methyl sites for hydroxylation is 1. The van der Waals surface area contributed by atoms with Gasteiger partial charge < -0.3 is 4.40 Å². The Hall–Kier alpha value is -1.87. The van der Waals surface area contributed by atoms with Crippen molar-refractivity contribution in [3.63, 3.8) is 0 Å². The van der Waals surface area contributed by atoms with Gasteiger partial charge in [-0.2, -0.15) is 0 Å². The van der Waals surface area contributed by atoms with Crippen LogP contribution in [0.5, 0.6) is 0 Å². The van der Waals surface area contributed by atoms with Gasteiger partial charge in [0.1, 0.15) is 5.82 Å². The molecule has 3 rings (SSSR count). The summed E-state index contributed by atoms with van der Waals surface area (Å²) in [6.07, 6.45) is 3.59. The van der Waals surface area contributed by atoms with Crippen molar-refractivity contribution in [2.24, 2.45) is 0 Å². The standard InChI is InChI=1S/C14H10ClFN2/c1-9-7-17-14-12(15)6-10(8-18(9)14)11-4-2-3-5-13(11)16/h2-8H,1H3. The average molecular weight is 261 g/mol. The number of rotatable bonds is 1. The first kappa shape index (κ1) is 11.2. The molecule has 0 saturated carbocycles. The minimum Gasteiger partial charge on any atom is -0.303 e. The Balaban J connectivity index is 2.31. The topological polar surface area (TPSA) is 17.3 Å². The molecule has 0 bridgehead atoms. The molecule has 1 aromatic carbocycles. The van der Waals surface area contributed by atoms with Crippen LogP contribution in [0.2, 0.25) is 5.02 Å². The van der Waals surface area contributed by atoms with Gasteiger partial charge in [0.2, 0.25) is 0 Å². The fourth-order valence-corrected chi connectivity index (χ4v) is 2.26. The molecule has 0 fully saturated rings. The van der Waals surface area contributed by atoms with Gasteiger partial charge in [0.15, 0.2) is 5.65 Å². The number of hydrogen-bond donors (Lipinski definition) is 0. The summed E-state index contributed by atoms with van der Waals surface area (Å²) in [4.78, 5) is 4.21. The van der Waals surface area contributed by atoms with Crippen LogP contribution in [0.25, 0.3) is 16.8 Å². The van der Waals surface area contributed by atoms with E-state index in [0.717, 1.165) is 11.3 Å². The van der Waals surface area contributed by atoms with E-state index >= 15 is 0 Å². The highest BCUT2D eigenvalue weighted by Gasteiger charge is 2.10. The Kier molecular flexibility index (Phi) is 2.56. The van der Waals surface area contributed by atoms with Gasteiger partial charge in [0.05, 0.1) is 5.02 Å². The number of fused-ring (bicyclic) bond motifs is 1. The van der Waals surface area contributed by atoms with Gasteiger partial charge in [-0.1, -0.05) is 29.8 Å². The van der Waals surface area contributed by atoms with Crippen LogP contribution in [0.3, 0.4) is 0 Å². The molecule has 90 valence electrons. The quantitative estimate of drug-likeness (QED) is 0.644. The van der Waals surface area contributed by atoms with E-state index in [1.54, 1.807) is 30.5 Å². The summed E-state index contributed by atoms with van der Waals surface area (Å²) in [6, 6.07) is 8.38. The lowest BCUT2D eigenvalue weighted by molar-refractivity contribution is 0.631. The molecule has 3 aromatic rings. The van der Waals surface area contributed by atoms with Gasteiger partial charge in [-0.05, 0) is 19.1 Å². The zero-order chi connectivity index (χ0) is 12.7. The Bertz CT molecular complexity index is 734. The van der Waals surface area contributed by atoms with E-state index in [2.05, 4.69) is 4.98 Å². The molecule has 0 N–H and O–H groups in total. The fourth-order valence-electron chi connectivity index (χ4n) is 2.01. The van der Waals surface area contributed by atoms with Crippen LogP contribution < -0.4 is 0 Å². The lowest BCUT2D eigenvalue weighted by Crippen LogP contribution is -1.92. The monoisotopic (exact) mass is 260 g/mol. The molecule has 0 saturated heterocycles. The van der Waals surface area contributed by atoms with Crippen molar-refractivity contribution in [2.75, 3.05) is 0 Å². The number of imidazole rings is 1. The van der Waals surface area contributed by atoms with Crippen LogP contribution in [0.4, 0.5) is 4.39 Å². The molecule has 0 aliphatic carbocycles. The number of hydrogen-bond acceptors (Lipinski definition) is 1. The van der Waals surface area contributed by atoms with Crippen LogP contribution in [0.15, 0.2) is 42.7 Å². The number of nitrogens with zero attached hydrogens (tertiary/aromatic N) is 2. The second-order valence-electron chi connectivity index (χ2n) is 4.15. The molecule has 2 aromatic heterocycles. The van der Waals surface area contributed by atoms with E-state index in [-0.39, 0.29) is 5.82 Å². The zero-order valence-corrected chi connectivity index (χ0v) is 10.4. The average Bonchev–Trinajstić information content (AvgIpc) is 2.72. The maximum Gasteiger partial charge on any atom is 0.155 e. The van der Waals surface area contributed by atoms with E-state index < -0.39 is 0 Å². The lowest BCUT2D eigenvalue weighted by Gasteiger charge is -2.06. The number of aromatic nitrogens is 2. The van der Waals surface area contributed by atoms with Gasteiger partial charge in [-0.3, -0.25) is 0 Å². The van der Waals surface area contributed by atoms with Crippen LogP contribution in [0.1, 0.15) is 5.69 Å². The molecule has 0 aliphatic heterocycles. The Morgan fingerprint density at radius 3 is 2.83 bits per heavy atom. The van der Waals surface area contributed by atoms with E-state index in [4.69, 9.17) is 11.6 Å². The third kappa shape index (κ3) is 1.68. The van der Waals surface area contributed by atoms with Crippen LogP contribution in [-0.4, -0.2) is 9.38 Å². The molecule has 4 heteroatoms. The summed E-state index contributed by atoms with van der Waals surface area (Å²) in [5, 5.41) is 0.517. The van der Waals surface area contributed by atoms with E-state index in [9.17, 15) is 4.39 Å².